The maximum Gasteiger partial charge on any atom is 0.404 e. The lowest BCUT2D eigenvalue weighted by atomic mass is 10.0. The van der Waals surface area contributed by atoms with E-state index in [2.05, 4.69) is 12.2 Å². The van der Waals surface area contributed by atoms with Gasteiger partial charge in [0, 0.05) is 13.0 Å². The monoisotopic (exact) mass is 399 g/mol. The zero-order valence-electron chi connectivity index (χ0n) is 18.3. The minimum Gasteiger partial charge on any atom is -0.466 e. The second-order valence-electron chi connectivity index (χ2n) is 7.86. The van der Waals surface area contributed by atoms with Crippen LogP contribution in [-0.4, -0.2) is 30.3 Å². The van der Waals surface area contributed by atoms with Crippen molar-refractivity contribution in [2.24, 2.45) is 0 Å². The van der Waals surface area contributed by atoms with Crippen LogP contribution in [0.5, 0.6) is 0 Å². The third kappa shape index (κ3) is 22.8. The van der Waals surface area contributed by atoms with Crippen molar-refractivity contribution in [3.05, 3.63) is 0 Å². The van der Waals surface area contributed by atoms with Crippen LogP contribution < -0.4 is 5.32 Å². The van der Waals surface area contributed by atoms with Crippen LogP contribution in [0.2, 0.25) is 0 Å². The summed E-state index contributed by atoms with van der Waals surface area (Å²) in [5.41, 5.74) is 0. The highest BCUT2D eigenvalue weighted by Crippen LogP contribution is 2.13. The molecule has 0 heterocycles. The van der Waals surface area contributed by atoms with Gasteiger partial charge < -0.3 is 15.2 Å². The Balaban J connectivity index is 3.14. The van der Waals surface area contributed by atoms with Gasteiger partial charge in [-0.2, -0.15) is 0 Å². The molecule has 166 valence electrons. The van der Waals surface area contributed by atoms with Gasteiger partial charge in [0.15, 0.2) is 0 Å². The average molecular weight is 400 g/mol. The van der Waals surface area contributed by atoms with Crippen LogP contribution in [0.1, 0.15) is 122 Å². The number of amides is 1. The fourth-order valence-electron chi connectivity index (χ4n) is 3.32. The number of carbonyl (C=O) groups excluding carboxylic acids is 1. The van der Waals surface area contributed by atoms with Gasteiger partial charge >= 0.3 is 12.1 Å². The number of rotatable bonds is 21. The predicted molar refractivity (Wildman–Crippen MR) is 116 cm³/mol. The maximum absolute atomic E-state index is 11.6. The van der Waals surface area contributed by atoms with Crippen LogP contribution in [0.3, 0.4) is 0 Å². The second-order valence-corrected chi connectivity index (χ2v) is 7.86. The number of carbonyl (C=O) groups is 2. The van der Waals surface area contributed by atoms with Gasteiger partial charge in [0.25, 0.3) is 0 Å². The van der Waals surface area contributed by atoms with E-state index < -0.39 is 6.09 Å². The van der Waals surface area contributed by atoms with Crippen LogP contribution >= 0.6 is 0 Å². The van der Waals surface area contributed by atoms with E-state index in [-0.39, 0.29) is 5.97 Å². The summed E-state index contributed by atoms with van der Waals surface area (Å²) in [5.74, 6) is -0.124. The summed E-state index contributed by atoms with van der Waals surface area (Å²) in [6.07, 6.45) is 20.3. The number of unbranched alkanes of at least 4 members (excludes halogenated alkanes) is 15. The summed E-state index contributed by atoms with van der Waals surface area (Å²) in [4.78, 5) is 21.9. The fourth-order valence-corrected chi connectivity index (χ4v) is 3.32. The fraction of sp³-hybridized carbons (Fsp3) is 0.913. The van der Waals surface area contributed by atoms with Crippen LogP contribution in [0, 0.1) is 0 Å². The highest BCUT2D eigenvalue weighted by Gasteiger charge is 2.03. The van der Waals surface area contributed by atoms with Crippen molar-refractivity contribution in [1.82, 2.24) is 5.32 Å². The molecule has 0 aliphatic carbocycles. The van der Waals surface area contributed by atoms with Crippen molar-refractivity contribution in [2.75, 3.05) is 13.2 Å². The minimum absolute atomic E-state index is 0.124. The van der Waals surface area contributed by atoms with Gasteiger partial charge in [-0.25, -0.2) is 4.79 Å². The van der Waals surface area contributed by atoms with E-state index in [0.717, 1.165) is 32.1 Å². The van der Waals surface area contributed by atoms with Gasteiger partial charge in [0.2, 0.25) is 0 Å². The van der Waals surface area contributed by atoms with Crippen molar-refractivity contribution in [2.45, 2.75) is 122 Å². The Morgan fingerprint density at radius 2 is 1.14 bits per heavy atom. The van der Waals surface area contributed by atoms with Crippen molar-refractivity contribution < 1.29 is 19.4 Å². The van der Waals surface area contributed by atoms with Gasteiger partial charge in [0.05, 0.1) is 6.61 Å². The smallest absolute Gasteiger partial charge is 0.404 e. The lowest BCUT2D eigenvalue weighted by molar-refractivity contribution is -0.143. The normalized spacial score (nSPS) is 10.8. The van der Waals surface area contributed by atoms with Crippen molar-refractivity contribution in [3.8, 4) is 0 Å². The molecule has 5 heteroatoms. The van der Waals surface area contributed by atoms with Crippen LogP contribution in [0.4, 0.5) is 4.79 Å². The van der Waals surface area contributed by atoms with E-state index in [1.54, 1.807) is 0 Å². The molecule has 1 amide bonds. The number of nitrogens with one attached hydrogen (secondary N) is 1. The van der Waals surface area contributed by atoms with E-state index in [1.165, 1.54) is 77.0 Å². The molecule has 0 radical (unpaired) electrons. The number of esters is 1. The van der Waals surface area contributed by atoms with E-state index in [1.807, 2.05) is 0 Å². The molecular formula is C23H45NO4. The first-order valence-electron chi connectivity index (χ1n) is 11.8. The van der Waals surface area contributed by atoms with E-state index in [9.17, 15) is 9.59 Å². The van der Waals surface area contributed by atoms with Gasteiger partial charge in [0.1, 0.15) is 0 Å². The molecule has 0 aromatic rings. The van der Waals surface area contributed by atoms with Gasteiger partial charge in [-0.3, -0.25) is 4.79 Å². The first kappa shape index (κ1) is 26.7. The summed E-state index contributed by atoms with van der Waals surface area (Å²) in [5, 5.41) is 10.8. The zero-order valence-corrected chi connectivity index (χ0v) is 18.3. The number of hydrogen-bond donors (Lipinski definition) is 2. The van der Waals surface area contributed by atoms with Crippen molar-refractivity contribution in [1.29, 1.82) is 0 Å². The number of ether oxygens (including phenoxy) is 1. The Hall–Kier alpha value is -1.26. The first-order valence-corrected chi connectivity index (χ1v) is 11.8. The second kappa shape index (κ2) is 22.0. The molecule has 0 spiro atoms. The van der Waals surface area contributed by atoms with Crippen molar-refractivity contribution in [3.63, 3.8) is 0 Å². The Morgan fingerprint density at radius 1 is 0.679 bits per heavy atom. The summed E-state index contributed by atoms with van der Waals surface area (Å²) in [7, 11) is 0. The molecule has 0 saturated heterocycles. The number of carboxylic acid groups (broad SMARTS) is 1. The largest absolute Gasteiger partial charge is 0.466 e. The molecule has 0 fully saturated rings. The molecule has 0 aromatic carbocycles. The Morgan fingerprint density at radius 3 is 1.64 bits per heavy atom. The molecule has 5 nitrogen and oxygen atoms in total. The molecular weight excluding hydrogens is 354 g/mol. The van der Waals surface area contributed by atoms with Gasteiger partial charge in [-0.15, -0.1) is 0 Å². The summed E-state index contributed by atoms with van der Waals surface area (Å²) in [6.45, 7) is 3.25. The van der Waals surface area contributed by atoms with E-state index in [0.29, 0.717) is 19.6 Å². The Kier molecular flexibility index (Phi) is 21.0. The van der Waals surface area contributed by atoms with Crippen molar-refractivity contribution >= 4 is 12.1 Å². The van der Waals surface area contributed by atoms with Crippen LogP contribution in [0.15, 0.2) is 0 Å². The zero-order chi connectivity index (χ0) is 20.7. The molecule has 0 atom stereocenters. The number of hydrogen-bond acceptors (Lipinski definition) is 3. The molecule has 0 aliphatic rings. The van der Waals surface area contributed by atoms with Crippen LogP contribution in [-0.2, 0) is 9.53 Å². The summed E-state index contributed by atoms with van der Waals surface area (Å²) < 4.78 is 5.25. The highest BCUT2D eigenvalue weighted by atomic mass is 16.5. The molecule has 0 bridgehead atoms. The Labute approximate surface area is 173 Å². The van der Waals surface area contributed by atoms with Gasteiger partial charge in [-0.1, -0.05) is 96.8 Å². The van der Waals surface area contributed by atoms with Gasteiger partial charge in [-0.05, 0) is 19.3 Å². The standard InChI is InChI=1S/C23H45NO4/c1-2-3-4-5-6-7-8-9-10-11-12-13-14-18-21-28-22(25)19-16-15-17-20-24-23(26)27/h24H,2-21H2,1H3,(H,26,27). The third-order valence-corrected chi connectivity index (χ3v) is 5.09. The molecule has 0 saturated carbocycles. The minimum atomic E-state index is -0.993. The van der Waals surface area contributed by atoms with E-state index in [4.69, 9.17) is 9.84 Å². The molecule has 0 aromatic heterocycles. The highest BCUT2D eigenvalue weighted by molar-refractivity contribution is 5.69. The molecule has 2 N–H and O–H groups in total. The SMILES string of the molecule is CCCCCCCCCCCCCCCCOC(=O)CCCCCNC(=O)O. The Bertz CT molecular complexity index is 361. The summed E-state index contributed by atoms with van der Waals surface area (Å²) in [6, 6.07) is 0. The first-order chi connectivity index (χ1) is 13.7. The molecule has 28 heavy (non-hydrogen) atoms. The molecule has 0 rings (SSSR count). The topological polar surface area (TPSA) is 75.6 Å². The average Bonchev–Trinajstić information content (AvgIpc) is 2.67. The molecule has 0 unspecified atom stereocenters. The maximum atomic E-state index is 11.6. The third-order valence-electron chi connectivity index (χ3n) is 5.09. The lowest BCUT2D eigenvalue weighted by Crippen LogP contribution is -2.21. The quantitative estimate of drug-likeness (QED) is 0.164. The summed E-state index contributed by atoms with van der Waals surface area (Å²) >= 11 is 0. The van der Waals surface area contributed by atoms with Crippen LogP contribution in [0.25, 0.3) is 0 Å². The van der Waals surface area contributed by atoms with E-state index >= 15 is 0 Å². The molecule has 0 aliphatic heterocycles. The predicted octanol–water partition coefficient (Wildman–Crippen LogP) is 6.84. The lowest BCUT2D eigenvalue weighted by Gasteiger charge is -2.05.